The zero-order valence-electron chi connectivity index (χ0n) is 11.7. The Morgan fingerprint density at radius 3 is 2.70 bits per heavy atom. The zero-order chi connectivity index (χ0) is 14.2. The lowest BCUT2D eigenvalue weighted by Crippen LogP contribution is -2.26. The van der Waals surface area contributed by atoms with Crippen LogP contribution in [0.4, 0.5) is 5.82 Å². The van der Waals surface area contributed by atoms with Gasteiger partial charge in [-0.2, -0.15) is 0 Å². The van der Waals surface area contributed by atoms with Crippen molar-refractivity contribution in [3.8, 4) is 11.3 Å². The van der Waals surface area contributed by atoms with Crippen LogP contribution >= 0.6 is 0 Å². The molecule has 0 saturated carbocycles. The molecule has 2 heterocycles. The van der Waals surface area contributed by atoms with Crippen molar-refractivity contribution in [2.45, 2.75) is 20.1 Å². The van der Waals surface area contributed by atoms with Crippen molar-refractivity contribution in [2.24, 2.45) is 0 Å². The largest absolute Gasteiger partial charge is 0.472 e. The first kappa shape index (κ1) is 14.5. The normalized spacial score (nSPS) is 10.9. The summed E-state index contributed by atoms with van der Waals surface area (Å²) in [6, 6.07) is 3.72. The second kappa shape index (κ2) is 7.62. The molecule has 0 saturated heterocycles. The molecule has 0 aliphatic carbocycles. The van der Waals surface area contributed by atoms with E-state index in [4.69, 9.17) is 13.9 Å². The molecule has 0 atom stereocenters. The van der Waals surface area contributed by atoms with E-state index < -0.39 is 0 Å². The molecule has 0 unspecified atom stereocenters. The molecule has 0 aliphatic rings. The SMILES string of the molecule is CCOC(CNc1cc(-c2ccoc2)ncn1)OCC. The van der Waals surface area contributed by atoms with Gasteiger partial charge in [0.2, 0.25) is 0 Å². The fraction of sp³-hybridized carbons (Fsp3) is 0.429. The zero-order valence-corrected chi connectivity index (χ0v) is 11.7. The highest BCUT2D eigenvalue weighted by molar-refractivity contribution is 5.60. The molecule has 0 spiro atoms. The van der Waals surface area contributed by atoms with E-state index in [0.29, 0.717) is 19.8 Å². The van der Waals surface area contributed by atoms with E-state index in [2.05, 4.69) is 15.3 Å². The molecular weight excluding hydrogens is 258 g/mol. The molecule has 2 aromatic rings. The van der Waals surface area contributed by atoms with Crippen LogP contribution in [0, 0.1) is 0 Å². The lowest BCUT2D eigenvalue weighted by atomic mass is 10.2. The number of nitrogens with zero attached hydrogens (tertiary/aromatic N) is 2. The Morgan fingerprint density at radius 1 is 1.25 bits per heavy atom. The highest BCUT2D eigenvalue weighted by atomic mass is 16.7. The third kappa shape index (κ3) is 4.04. The number of hydrogen-bond donors (Lipinski definition) is 1. The first-order valence-electron chi connectivity index (χ1n) is 6.65. The van der Waals surface area contributed by atoms with E-state index in [1.165, 1.54) is 6.33 Å². The molecule has 6 nitrogen and oxygen atoms in total. The van der Waals surface area contributed by atoms with Gasteiger partial charge in [-0.15, -0.1) is 0 Å². The number of hydrogen-bond acceptors (Lipinski definition) is 6. The molecule has 108 valence electrons. The van der Waals surface area contributed by atoms with Gasteiger partial charge in [-0.3, -0.25) is 0 Å². The Balaban J connectivity index is 1.97. The van der Waals surface area contributed by atoms with Gasteiger partial charge in [0, 0.05) is 24.8 Å². The maximum absolute atomic E-state index is 5.46. The third-order valence-corrected chi connectivity index (χ3v) is 2.64. The van der Waals surface area contributed by atoms with Gasteiger partial charge in [0.1, 0.15) is 12.1 Å². The minimum absolute atomic E-state index is 0.280. The number of anilines is 1. The summed E-state index contributed by atoms with van der Waals surface area (Å²) in [6.45, 7) is 5.62. The van der Waals surface area contributed by atoms with Crippen molar-refractivity contribution in [3.05, 3.63) is 31.0 Å². The van der Waals surface area contributed by atoms with Crippen molar-refractivity contribution in [2.75, 3.05) is 25.1 Å². The minimum Gasteiger partial charge on any atom is -0.472 e. The molecule has 1 N–H and O–H groups in total. The van der Waals surface area contributed by atoms with Gasteiger partial charge < -0.3 is 19.2 Å². The van der Waals surface area contributed by atoms with Gasteiger partial charge in [0.05, 0.1) is 24.8 Å². The van der Waals surface area contributed by atoms with Gasteiger partial charge in [-0.1, -0.05) is 0 Å². The molecule has 20 heavy (non-hydrogen) atoms. The van der Waals surface area contributed by atoms with Crippen molar-refractivity contribution >= 4 is 5.82 Å². The van der Waals surface area contributed by atoms with Crippen LogP contribution in [0.15, 0.2) is 35.4 Å². The second-order valence-corrected chi connectivity index (χ2v) is 4.02. The first-order valence-corrected chi connectivity index (χ1v) is 6.65. The monoisotopic (exact) mass is 277 g/mol. The van der Waals surface area contributed by atoms with Gasteiger partial charge in [-0.25, -0.2) is 9.97 Å². The quantitative estimate of drug-likeness (QED) is 0.748. The Kier molecular flexibility index (Phi) is 5.52. The Morgan fingerprint density at radius 2 is 2.05 bits per heavy atom. The summed E-state index contributed by atoms with van der Waals surface area (Å²) in [7, 11) is 0. The molecule has 0 fully saturated rings. The molecule has 0 bridgehead atoms. The molecule has 2 aromatic heterocycles. The number of ether oxygens (including phenoxy) is 2. The summed E-state index contributed by atoms with van der Waals surface area (Å²) < 4.78 is 16.0. The van der Waals surface area contributed by atoms with Crippen molar-refractivity contribution in [3.63, 3.8) is 0 Å². The van der Waals surface area contributed by atoms with Crippen LogP contribution in [0.25, 0.3) is 11.3 Å². The Labute approximate surface area is 118 Å². The van der Waals surface area contributed by atoms with E-state index >= 15 is 0 Å². The fourth-order valence-electron chi connectivity index (χ4n) is 1.75. The minimum atomic E-state index is -0.280. The predicted octanol–water partition coefficient (Wildman–Crippen LogP) is 2.55. The summed E-state index contributed by atoms with van der Waals surface area (Å²) in [5.74, 6) is 0.723. The van der Waals surface area contributed by atoms with Gasteiger partial charge in [-0.05, 0) is 19.9 Å². The van der Waals surface area contributed by atoms with E-state index in [1.807, 2.05) is 26.0 Å². The average Bonchev–Trinajstić information content (AvgIpc) is 3.00. The number of aromatic nitrogens is 2. The smallest absolute Gasteiger partial charge is 0.174 e. The Bertz CT molecular complexity index is 496. The average molecular weight is 277 g/mol. The fourth-order valence-corrected chi connectivity index (χ4v) is 1.75. The third-order valence-electron chi connectivity index (χ3n) is 2.64. The predicted molar refractivity (Wildman–Crippen MR) is 75.3 cm³/mol. The molecule has 0 aliphatic heterocycles. The first-order chi connectivity index (χ1) is 9.83. The van der Waals surface area contributed by atoms with Crippen molar-refractivity contribution in [1.29, 1.82) is 0 Å². The molecular formula is C14H19N3O3. The summed E-state index contributed by atoms with van der Waals surface area (Å²) in [4.78, 5) is 8.39. The topological polar surface area (TPSA) is 69.4 Å². The van der Waals surface area contributed by atoms with Gasteiger partial charge in [0.15, 0.2) is 6.29 Å². The molecule has 6 heteroatoms. The van der Waals surface area contributed by atoms with Crippen LogP contribution in [0.1, 0.15) is 13.8 Å². The van der Waals surface area contributed by atoms with Gasteiger partial charge in [0.25, 0.3) is 0 Å². The maximum atomic E-state index is 5.46. The van der Waals surface area contributed by atoms with E-state index in [9.17, 15) is 0 Å². The summed E-state index contributed by atoms with van der Waals surface area (Å²) in [5.41, 5.74) is 1.72. The van der Waals surface area contributed by atoms with Crippen LogP contribution in [0.5, 0.6) is 0 Å². The highest BCUT2D eigenvalue weighted by Gasteiger charge is 2.09. The van der Waals surface area contributed by atoms with Crippen LogP contribution < -0.4 is 5.32 Å². The van der Waals surface area contributed by atoms with Crippen LogP contribution in [-0.4, -0.2) is 36.0 Å². The standard InChI is InChI=1S/C14H19N3O3/c1-3-19-14(20-4-2)8-15-13-7-12(16-10-17-13)11-5-6-18-9-11/h5-7,9-10,14H,3-4,8H2,1-2H3,(H,15,16,17). The summed E-state index contributed by atoms with van der Waals surface area (Å²) in [5, 5.41) is 3.18. The molecule has 0 radical (unpaired) electrons. The second-order valence-electron chi connectivity index (χ2n) is 4.02. The van der Waals surface area contributed by atoms with E-state index in [-0.39, 0.29) is 6.29 Å². The van der Waals surface area contributed by atoms with Gasteiger partial charge >= 0.3 is 0 Å². The number of nitrogens with one attached hydrogen (secondary N) is 1. The lowest BCUT2D eigenvalue weighted by molar-refractivity contribution is -0.126. The molecule has 0 amide bonds. The van der Waals surface area contributed by atoms with Crippen molar-refractivity contribution < 1.29 is 13.9 Å². The maximum Gasteiger partial charge on any atom is 0.174 e. The molecule has 0 aromatic carbocycles. The number of furan rings is 1. The number of rotatable bonds is 8. The van der Waals surface area contributed by atoms with Crippen LogP contribution in [-0.2, 0) is 9.47 Å². The summed E-state index contributed by atoms with van der Waals surface area (Å²) >= 11 is 0. The van der Waals surface area contributed by atoms with Crippen LogP contribution in [0.3, 0.4) is 0 Å². The Hall–Kier alpha value is -1.92. The summed E-state index contributed by atoms with van der Waals surface area (Å²) in [6.07, 6.45) is 4.50. The molecule has 2 rings (SSSR count). The van der Waals surface area contributed by atoms with Crippen LogP contribution in [0.2, 0.25) is 0 Å². The van der Waals surface area contributed by atoms with Crippen molar-refractivity contribution in [1.82, 2.24) is 9.97 Å². The van der Waals surface area contributed by atoms with E-state index in [0.717, 1.165) is 17.1 Å². The lowest BCUT2D eigenvalue weighted by Gasteiger charge is -2.17. The highest BCUT2D eigenvalue weighted by Crippen LogP contribution is 2.18. The van der Waals surface area contributed by atoms with E-state index in [1.54, 1.807) is 12.5 Å².